The molecule has 2 aliphatic carbocycles. The average Bonchev–Trinajstić information content (AvgIpc) is 3.17. The molecule has 0 aromatic heterocycles. The van der Waals surface area contributed by atoms with Crippen molar-refractivity contribution in [2.45, 2.75) is 89.5 Å². The molecule has 2 saturated heterocycles. The highest BCUT2D eigenvalue weighted by molar-refractivity contribution is 5.85. The molecule has 0 bridgehead atoms. The van der Waals surface area contributed by atoms with E-state index in [-0.39, 0.29) is 30.3 Å². The van der Waals surface area contributed by atoms with Crippen LogP contribution in [0.2, 0.25) is 0 Å². The van der Waals surface area contributed by atoms with E-state index in [1.54, 1.807) is 0 Å². The first-order valence-electron chi connectivity index (χ1n) is 11.9. The number of amides is 2. The van der Waals surface area contributed by atoms with Gasteiger partial charge in [-0.05, 0) is 75.7 Å². The maximum Gasteiger partial charge on any atom is 0.225 e. The number of nitrogens with zero attached hydrogens (tertiary/aromatic N) is 1. The highest BCUT2D eigenvalue weighted by Crippen LogP contribution is 2.38. The third-order valence-corrected chi connectivity index (χ3v) is 8.11. The molecule has 166 valence electrons. The van der Waals surface area contributed by atoms with E-state index in [2.05, 4.69) is 15.5 Å². The van der Waals surface area contributed by atoms with Gasteiger partial charge < -0.3 is 15.5 Å². The summed E-state index contributed by atoms with van der Waals surface area (Å²) in [5.74, 6) is 1.41. The smallest absolute Gasteiger partial charge is 0.225 e. The Morgan fingerprint density at radius 1 is 0.931 bits per heavy atom. The van der Waals surface area contributed by atoms with Crippen LogP contribution in [0.1, 0.15) is 83.5 Å². The second-order valence-electron chi connectivity index (χ2n) is 10.1. The first kappa shape index (κ1) is 22.9. The van der Waals surface area contributed by atoms with Crippen molar-refractivity contribution in [1.82, 2.24) is 15.5 Å². The third kappa shape index (κ3) is 5.88. The lowest BCUT2D eigenvalue weighted by Crippen LogP contribution is -2.47. The summed E-state index contributed by atoms with van der Waals surface area (Å²) in [6, 6.07) is 0.286. The molecule has 0 aromatic rings. The Kier molecular flexibility index (Phi) is 8.26. The Balaban J connectivity index is 0.00000240. The lowest BCUT2D eigenvalue weighted by molar-refractivity contribution is -0.139. The van der Waals surface area contributed by atoms with Crippen molar-refractivity contribution in [2.24, 2.45) is 17.3 Å². The van der Waals surface area contributed by atoms with Crippen LogP contribution in [0.5, 0.6) is 0 Å². The maximum atomic E-state index is 13.0. The molecular weight excluding hydrogens is 386 g/mol. The number of carbonyl (C=O) groups excluding carboxylic acids is 2. The van der Waals surface area contributed by atoms with E-state index in [0.29, 0.717) is 23.7 Å². The first-order chi connectivity index (χ1) is 13.6. The second kappa shape index (κ2) is 10.5. The summed E-state index contributed by atoms with van der Waals surface area (Å²) >= 11 is 0. The summed E-state index contributed by atoms with van der Waals surface area (Å²) in [7, 11) is 0. The number of hydrogen-bond acceptors (Lipinski definition) is 3. The minimum Gasteiger partial charge on any atom is -0.353 e. The zero-order chi connectivity index (χ0) is 19.4. The summed E-state index contributed by atoms with van der Waals surface area (Å²) in [5.41, 5.74) is 0.469. The zero-order valence-corrected chi connectivity index (χ0v) is 18.7. The molecule has 1 spiro atoms. The molecule has 2 aliphatic heterocycles. The van der Waals surface area contributed by atoms with Gasteiger partial charge in [-0.2, -0.15) is 0 Å². The molecule has 2 N–H and O–H groups in total. The van der Waals surface area contributed by atoms with Gasteiger partial charge in [0.2, 0.25) is 11.8 Å². The molecule has 0 unspecified atom stereocenters. The molecule has 2 saturated carbocycles. The standard InChI is InChI=1S/C23H39N3O2.ClH/c27-21(16-18-4-2-1-3-5-18)25-20-8-6-19(7-9-20)22(28)26-14-11-23(12-15-26)10-13-24-17-23;/h18-20,24H,1-17H2,(H,25,27);1H. The number of nitrogens with one attached hydrogen (secondary N) is 2. The topological polar surface area (TPSA) is 61.4 Å². The van der Waals surface area contributed by atoms with Gasteiger partial charge in [0.05, 0.1) is 0 Å². The van der Waals surface area contributed by atoms with Crippen LogP contribution in [-0.4, -0.2) is 48.9 Å². The average molecular weight is 426 g/mol. The van der Waals surface area contributed by atoms with E-state index < -0.39 is 0 Å². The van der Waals surface area contributed by atoms with Crippen LogP contribution in [0.25, 0.3) is 0 Å². The van der Waals surface area contributed by atoms with Crippen molar-refractivity contribution in [3.05, 3.63) is 0 Å². The van der Waals surface area contributed by atoms with Crippen LogP contribution in [-0.2, 0) is 9.59 Å². The van der Waals surface area contributed by atoms with Crippen molar-refractivity contribution in [3.8, 4) is 0 Å². The Hall–Kier alpha value is -0.810. The van der Waals surface area contributed by atoms with E-state index >= 15 is 0 Å². The number of halogens is 1. The van der Waals surface area contributed by atoms with Crippen molar-refractivity contribution < 1.29 is 9.59 Å². The van der Waals surface area contributed by atoms with Crippen LogP contribution in [0.4, 0.5) is 0 Å². The van der Waals surface area contributed by atoms with E-state index in [9.17, 15) is 9.59 Å². The van der Waals surface area contributed by atoms with Crippen LogP contribution < -0.4 is 10.6 Å². The predicted octanol–water partition coefficient (Wildman–Crippen LogP) is 3.66. The van der Waals surface area contributed by atoms with E-state index in [1.165, 1.54) is 38.5 Å². The molecule has 0 atom stereocenters. The van der Waals surface area contributed by atoms with E-state index in [0.717, 1.165) is 64.7 Å². The van der Waals surface area contributed by atoms with Gasteiger partial charge in [0.1, 0.15) is 0 Å². The molecule has 6 heteroatoms. The minimum atomic E-state index is 0. The highest BCUT2D eigenvalue weighted by atomic mass is 35.5. The van der Waals surface area contributed by atoms with E-state index in [1.807, 2.05) is 0 Å². The fourth-order valence-electron chi connectivity index (χ4n) is 6.11. The van der Waals surface area contributed by atoms with Crippen molar-refractivity contribution >= 4 is 24.2 Å². The van der Waals surface area contributed by atoms with Gasteiger partial charge in [-0.1, -0.05) is 19.3 Å². The minimum absolute atomic E-state index is 0. The Morgan fingerprint density at radius 3 is 2.24 bits per heavy atom. The van der Waals surface area contributed by atoms with Crippen LogP contribution in [0.3, 0.4) is 0 Å². The monoisotopic (exact) mass is 425 g/mol. The van der Waals surface area contributed by atoms with Gasteiger partial charge in [0.15, 0.2) is 0 Å². The third-order valence-electron chi connectivity index (χ3n) is 8.11. The molecule has 5 nitrogen and oxygen atoms in total. The van der Waals surface area contributed by atoms with Gasteiger partial charge >= 0.3 is 0 Å². The summed E-state index contributed by atoms with van der Waals surface area (Å²) in [4.78, 5) is 27.5. The van der Waals surface area contributed by atoms with Gasteiger partial charge in [-0.15, -0.1) is 12.4 Å². The van der Waals surface area contributed by atoms with Crippen LogP contribution in [0, 0.1) is 17.3 Å². The molecule has 0 radical (unpaired) electrons. The van der Waals surface area contributed by atoms with Crippen molar-refractivity contribution in [1.29, 1.82) is 0 Å². The zero-order valence-electron chi connectivity index (χ0n) is 17.9. The number of rotatable bonds is 4. The lowest BCUT2D eigenvalue weighted by Gasteiger charge is -2.41. The molecule has 2 amide bonds. The summed E-state index contributed by atoms with van der Waals surface area (Å²) < 4.78 is 0. The van der Waals surface area contributed by atoms with Crippen molar-refractivity contribution in [3.63, 3.8) is 0 Å². The summed E-state index contributed by atoms with van der Waals surface area (Å²) in [6.45, 7) is 4.17. The van der Waals surface area contributed by atoms with Gasteiger partial charge in [0.25, 0.3) is 0 Å². The van der Waals surface area contributed by atoms with Crippen molar-refractivity contribution in [2.75, 3.05) is 26.2 Å². The van der Waals surface area contributed by atoms with Gasteiger partial charge in [-0.25, -0.2) is 0 Å². The largest absolute Gasteiger partial charge is 0.353 e. The normalized spacial score (nSPS) is 30.0. The van der Waals surface area contributed by atoms with Crippen LogP contribution >= 0.6 is 12.4 Å². The number of carbonyl (C=O) groups is 2. The second-order valence-corrected chi connectivity index (χ2v) is 10.1. The molecular formula is C23H40ClN3O2. The molecule has 0 aromatic carbocycles. The van der Waals surface area contributed by atoms with E-state index in [4.69, 9.17) is 0 Å². The highest BCUT2D eigenvalue weighted by Gasteiger charge is 2.39. The Labute approximate surface area is 182 Å². The molecule has 4 fully saturated rings. The van der Waals surface area contributed by atoms with Gasteiger partial charge in [0, 0.05) is 38.0 Å². The Bertz CT molecular complexity index is 540. The first-order valence-corrected chi connectivity index (χ1v) is 11.9. The summed E-state index contributed by atoms with van der Waals surface area (Å²) in [6.07, 6.45) is 14.5. The predicted molar refractivity (Wildman–Crippen MR) is 118 cm³/mol. The Morgan fingerprint density at radius 2 is 1.62 bits per heavy atom. The van der Waals surface area contributed by atoms with Crippen LogP contribution in [0.15, 0.2) is 0 Å². The fraction of sp³-hybridized carbons (Fsp3) is 0.913. The molecule has 29 heavy (non-hydrogen) atoms. The number of piperidine rings is 1. The molecule has 2 heterocycles. The number of likely N-dealkylation sites (tertiary alicyclic amines) is 1. The fourth-order valence-corrected chi connectivity index (χ4v) is 6.11. The molecule has 4 rings (SSSR count). The number of hydrogen-bond donors (Lipinski definition) is 2. The lowest BCUT2D eigenvalue weighted by atomic mass is 9.77. The SMILES string of the molecule is Cl.O=C(CC1CCCCC1)NC1CCC(C(=O)N2CCC3(CCNC3)CC2)CC1. The maximum absolute atomic E-state index is 13.0. The quantitative estimate of drug-likeness (QED) is 0.722. The molecule has 4 aliphatic rings. The van der Waals surface area contributed by atoms with Gasteiger partial charge in [-0.3, -0.25) is 9.59 Å². The summed E-state index contributed by atoms with van der Waals surface area (Å²) in [5, 5.41) is 6.77.